The molecular weight excluding hydrogens is 208 g/mol. The standard InChI is InChI=1S/C9H12N6O/c1-7(9-11-2-3-12-9)14-8(16)4-15-6-10-5-13-15/h2-3,5-7H,4H2,1H3,(H,11,12)(H,14,16). The van der Waals surface area contributed by atoms with Crippen LogP contribution in [0.3, 0.4) is 0 Å². The van der Waals surface area contributed by atoms with E-state index < -0.39 is 0 Å². The molecule has 1 atom stereocenters. The summed E-state index contributed by atoms with van der Waals surface area (Å²) in [5.41, 5.74) is 0. The second-order valence-electron chi connectivity index (χ2n) is 3.36. The van der Waals surface area contributed by atoms with Crippen molar-refractivity contribution < 1.29 is 4.79 Å². The summed E-state index contributed by atoms with van der Waals surface area (Å²) in [6.45, 7) is 2.02. The third-order valence-corrected chi connectivity index (χ3v) is 2.08. The lowest BCUT2D eigenvalue weighted by molar-refractivity contribution is -0.122. The lowest BCUT2D eigenvalue weighted by atomic mass is 10.3. The molecule has 2 aromatic rings. The summed E-state index contributed by atoms with van der Waals surface area (Å²) in [6, 6.07) is -0.147. The number of imidazole rings is 1. The molecule has 7 heteroatoms. The zero-order valence-electron chi connectivity index (χ0n) is 8.79. The van der Waals surface area contributed by atoms with E-state index in [-0.39, 0.29) is 18.5 Å². The Balaban J connectivity index is 1.88. The fraction of sp³-hybridized carbons (Fsp3) is 0.333. The molecular formula is C9H12N6O. The molecule has 0 fully saturated rings. The number of H-pyrrole nitrogens is 1. The second-order valence-corrected chi connectivity index (χ2v) is 3.36. The van der Waals surface area contributed by atoms with E-state index in [9.17, 15) is 4.79 Å². The number of amides is 1. The molecule has 0 saturated carbocycles. The number of aromatic amines is 1. The topological polar surface area (TPSA) is 88.5 Å². The third-order valence-electron chi connectivity index (χ3n) is 2.08. The van der Waals surface area contributed by atoms with Crippen LogP contribution in [0.5, 0.6) is 0 Å². The SMILES string of the molecule is CC(NC(=O)Cn1cncn1)c1ncc[nH]1. The monoisotopic (exact) mass is 220 g/mol. The van der Waals surface area contributed by atoms with Crippen LogP contribution >= 0.6 is 0 Å². The molecule has 2 N–H and O–H groups in total. The van der Waals surface area contributed by atoms with Crippen LogP contribution in [0.15, 0.2) is 25.0 Å². The van der Waals surface area contributed by atoms with Crippen molar-refractivity contribution in [1.82, 2.24) is 30.0 Å². The fourth-order valence-electron chi connectivity index (χ4n) is 1.33. The fourth-order valence-corrected chi connectivity index (χ4v) is 1.33. The zero-order chi connectivity index (χ0) is 11.4. The molecule has 2 rings (SSSR count). The molecule has 0 bridgehead atoms. The predicted molar refractivity (Wildman–Crippen MR) is 55.2 cm³/mol. The van der Waals surface area contributed by atoms with Crippen molar-refractivity contribution >= 4 is 5.91 Å². The van der Waals surface area contributed by atoms with Crippen LogP contribution in [0.1, 0.15) is 18.8 Å². The Morgan fingerprint density at radius 1 is 1.69 bits per heavy atom. The highest BCUT2D eigenvalue weighted by Gasteiger charge is 2.11. The lowest BCUT2D eigenvalue weighted by Crippen LogP contribution is -2.30. The Labute approximate surface area is 91.9 Å². The van der Waals surface area contributed by atoms with Crippen molar-refractivity contribution in [3.8, 4) is 0 Å². The van der Waals surface area contributed by atoms with Crippen LogP contribution in [0.25, 0.3) is 0 Å². The Morgan fingerprint density at radius 3 is 3.19 bits per heavy atom. The molecule has 16 heavy (non-hydrogen) atoms. The number of rotatable bonds is 4. The van der Waals surface area contributed by atoms with Crippen molar-refractivity contribution in [2.75, 3.05) is 0 Å². The van der Waals surface area contributed by atoms with Crippen LogP contribution in [-0.4, -0.2) is 30.6 Å². The number of nitrogens with one attached hydrogen (secondary N) is 2. The quantitative estimate of drug-likeness (QED) is 0.751. The van der Waals surface area contributed by atoms with Crippen LogP contribution < -0.4 is 5.32 Å². The normalized spacial score (nSPS) is 12.3. The molecule has 7 nitrogen and oxygen atoms in total. The molecule has 0 radical (unpaired) electrons. The summed E-state index contributed by atoms with van der Waals surface area (Å²) >= 11 is 0. The van der Waals surface area contributed by atoms with Crippen LogP contribution in [0.4, 0.5) is 0 Å². The Kier molecular flexibility index (Phi) is 2.95. The number of carbonyl (C=O) groups excluding carboxylic acids is 1. The first kappa shape index (κ1) is 10.3. The van der Waals surface area contributed by atoms with E-state index in [1.165, 1.54) is 17.3 Å². The van der Waals surface area contributed by atoms with Gasteiger partial charge in [-0.05, 0) is 6.92 Å². The molecule has 0 aliphatic heterocycles. The Bertz CT molecular complexity index is 435. The molecule has 84 valence electrons. The molecule has 0 aliphatic carbocycles. The smallest absolute Gasteiger partial charge is 0.242 e. The van der Waals surface area contributed by atoms with Gasteiger partial charge in [-0.1, -0.05) is 0 Å². The Hall–Kier alpha value is -2.18. The largest absolute Gasteiger partial charge is 0.347 e. The van der Waals surface area contributed by atoms with E-state index in [1.807, 2.05) is 6.92 Å². The molecule has 2 heterocycles. The van der Waals surface area contributed by atoms with Gasteiger partial charge in [0.05, 0.1) is 6.04 Å². The summed E-state index contributed by atoms with van der Waals surface area (Å²) in [6.07, 6.45) is 6.26. The highest BCUT2D eigenvalue weighted by atomic mass is 16.2. The van der Waals surface area contributed by atoms with E-state index in [0.29, 0.717) is 0 Å². The van der Waals surface area contributed by atoms with Gasteiger partial charge in [0.2, 0.25) is 5.91 Å². The number of hydrogen-bond donors (Lipinski definition) is 2. The van der Waals surface area contributed by atoms with Gasteiger partial charge in [-0.3, -0.25) is 4.79 Å². The van der Waals surface area contributed by atoms with Gasteiger partial charge in [0.25, 0.3) is 0 Å². The maximum Gasteiger partial charge on any atom is 0.242 e. The van der Waals surface area contributed by atoms with Gasteiger partial charge in [-0.25, -0.2) is 14.6 Å². The minimum Gasteiger partial charge on any atom is -0.347 e. The molecule has 0 spiro atoms. The number of aromatic nitrogens is 5. The van der Waals surface area contributed by atoms with E-state index >= 15 is 0 Å². The highest BCUT2D eigenvalue weighted by Crippen LogP contribution is 2.04. The maximum absolute atomic E-state index is 11.6. The second kappa shape index (κ2) is 4.56. The van der Waals surface area contributed by atoms with E-state index in [4.69, 9.17) is 0 Å². The average molecular weight is 220 g/mol. The van der Waals surface area contributed by atoms with Gasteiger partial charge in [-0.15, -0.1) is 0 Å². The van der Waals surface area contributed by atoms with Gasteiger partial charge in [-0.2, -0.15) is 5.10 Å². The van der Waals surface area contributed by atoms with Crippen molar-refractivity contribution in [3.63, 3.8) is 0 Å². The minimum absolute atomic E-state index is 0.130. The number of carbonyl (C=O) groups is 1. The minimum atomic E-state index is -0.147. The van der Waals surface area contributed by atoms with Crippen molar-refractivity contribution in [3.05, 3.63) is 30.9 Å². The van der Waals surface area contributed by atoms with Crippen molar-refractivity contribution in [1.29, 1.82) is 0 Å². The highest BCUT2D eigenvalue weighted by molar-refractivity contribution is 5.75. The summed E-state index contributed by atoms with van der Waals surface area (Å²) in [7, 11) is 0. The van der Waals surface area contributed by atoms with Gasteiger partial charge >= 0.3 is 0 Å². The van der Waals surface area contributed by atoms with E-state index in [0.717, 1.165) is 5.82 Å². The van der Waals surface area contributed by atoms with Crippen molar-refractivity contribution in [2.45, 2.75) is 19.5 Å². The maximum atomic E-state index is 11.6. The molecule has 0 saturated heterocycles. The lowest BCUT2D eigenvalue weighted by Gasteiger charge is -2.10. The number of hydrogen-bond acceptors (Lipinski definition) is 4. The van der Waals surface area contributed by atoms with E-state index in [1.54, 1.807) is 12.4 Å². The molecule has 0 aliphatic rings. The summed E-state index contributed by atoms with van der Waals surface area (Å²) in [4.78, 5) is 22.3. The molecule has 1 amide bonds. The molecule has 0 aromatic carbocycles. The zero-order valence-corrected chi connectivity index (χ0v) is 8.79. The van der Waals surface area contributed by atoms with Gasteiger partial charge in [0, 0.05) is 12.4 Å². The van der Waals surface area contributed by atoms with Crippen LogP contribution in [0, 0.1) is 0 Å². The van der Waals surface area contributed by atoms with Crippen LogP contribution in [-0.2, 0) is 11.3 Å². The first-order chi connectivity index (χ1) is 7.75. The molecule has 1 unspecified atom stereocenters. The first-order valence-corrected chi connectivity index (χ1v) is 4.87. The van der Waals surface area contributed by atoms with Gasteiger partial charge in [0.15, 0.2) is 0 Å². The van der Waals surface area contributed by atoms with Crippen molar-refractivity contribution in [2.24, 2.45) is 0 Å². The van der Waals surface area contributed by atoms with Gasteiger partial charge in [0.1, 0.15) is 25.0 Å². The van der Waals surface area contributed by atoms with Gasteiger partial charge < -0.3 is 10.3 Å². The summed E-state index contributed by atoms with van der Waals surface area (Å²) in [5.74, 6) is 0.598. The summed E-state index contributed by atoms with van der Waals surface area (Å²) in [5, 5.41) is 6.65. The van der Waals surface area contributed by atoms with E-state index in [2.05, 4.69) is 25.4 Å². The third kappa shape index (κ3) is 2.44. The average Bonchev–Trinajstić information content (AvgIpc) is 2.88. The van der Waals surface area contributed by atoms with Crippen LogP contribution in [0.2, 0.25) is 0 Å². The molecule has 2 aromatic heterocycles. The number of nitrogens with zero attached hydrogens (tertiary/aromatic N) is 4. The first-order valence-electron chi connectivity index (χ1n) is 4.87. The summed E-state index contributed by atoms with van der Waals surface area (Å²) < 4.78 is 1.46. The predicted octanol–water partition coefficient (Wildman–Crippen LogP) is -0.121. The Morgan fingerprint density at radius 2 is 2.56 bits per heavy atom.